The molecule has 10 heteroatoms. The zero-order valence-corrected chi connectivity index (χ0v) is 32.6. The van der Waals surface area contributed by atoms with E-state index in [2.05, 4.69) is 83.4 Å². The molecule has 1 aliphatic heterocycles. The van der Waals surface area contributed by atoms with Crippen molar-refractivity contribution in [2.24, 2.45) is 0 Å². The van der Waals surface area contributed by atoms with E-state index >= 15 is 0 Å². The van der Waals surface area contributed by atoms with E-state index in [0.29, 0.717) is 11.3 Å². The van der Waals surface area contributed by atoms with Gasteiger partial charge in [0.25, 0.3) is 5.56 Å². The number of unbranched alkanes of at least 4 members (excludes halogenated alkanes) is 2. The second-order valence-electron chi connectivity index (χ2n) is 14.1. The van der Waals surface area contributed by atoms with Crippen LogP contribution in [0.15, 0.2) is 78.8 Å². The zero-order valence-electron chi connectivity index (χ0n) is 31.8. The highest BCUT2D eigenvalue weighted by Gasteiger charge is 2.34. The number of H-pyrrole nitrogens is 1. The van der Waals surface area contributed by atoms with Gasteiger partial charge in [0.2, 0.25) is 5.91 Å². The molecule has 3 aliphatic rings. The van der Waals surface area contributed by atoms with Crippen LogP contribution in [0.3, 0.4) is 0 Å². The minimum atomic E-state index is -2.01. The summed E-state index contributed by atoms with van der Waals surface area (Å²) in [6, 6.07) is 9.79. The quantitative estimate of drug-likeness (QED) is 0.117. The molecule has 3 fully saturated rings. The average molecular weight is 711 g/mol. The van der Waals surface area contributed by atoms with Crippen molar-refractivity contribution in [1.29, 1.82) is 0 Å². The molecule has 1 aromatic carbocycles. The second kappa shape index (κ2) is 20.9. The molecule has 9 nitrogen and oxygen atoms in total. The highest BCUT2D eigenvalue weighted by molar-refractivity contribution is 7.99. The third-order valence-electron chi connectivity index (χ3n) is 8.52. The lowest BCUT2D eigenvalue weighted by Crippen LogP contribution is -2.44. The number of likely N-dealkylation sites (tertiary alicyclic amines) is 1. The van der Waals surface area contributed by atoms with Gasteiger partial charge in [0.15, 0.2) is 0 Å². The Kier molecular flexibility index (Phi) is 17.8. The summed E-state index contributed by atoms with van der Waals surface area (Å²) < 4.78 is 13.9. The predicted molar refractivity (Wildman–Crippen MR) is 215 cm³/mol. The van der Waals surface area contributed by atoms with Crippen molar-refractivity contribution in [1.82, 2.24) is 30.1 Å². The highest BCUT2D eigenvalue weighted by atomic mass is 32.2. The first kappa shape index (κ1) is 42.5. The fourth-order valence-corrected chi connectivity index (χ4v) is 6.99. The van der Waals surface area contributed by atoms with Crippen LogP contribution in [0.4, 0.5) is 0 Å². The number of aromatic amines is 1. The Labute approximate surface area is 303 Å². The molecule has 0 spiro atoms. The van der Waals surface area contributed by atoms with Crippen molar-refractivity contribution in [3.8, 4) is 0 Å². The molecular weight excluding hydrogens is 645 g/mol. The summed E-state index contributed by atoms with van der Waals surface area (Å²) in [5.74, 6) is 4.75. The van der Waals surface area contributed by atoms with Crippen LogP contribution in [-0.4, -0.2) is 73.3 Å². The lowest BCUT2D eigenvalue weighted by molar-refractivity contribution is -0.125. The summed E-state index contributed by atoms with van der Waals surface area (Å²) in [6.45, 7) is 27.6. The number of nitrogens with one attached hydrogen (secondary N) is 4. The summed E-state index contributed by atoms with van der Waals surface area (Å²) in [5, 5.41) is 8.72. The maximum atomic E-state index is 12.6. The summed E-state index contributed by atoms with van der Waals surface area (Å²) in [6.07, 6.45) is 14.0. The molecule has 2 unspecified atom stereocenters. The molecule has 2 aromatic rings. The number of carbonyl (C=O) groups is 1. The van der Waals surface area contributed by atoms with Gasteiger partial charge >= 0.3 is 0 Å². The monoisotopic (exact) mass is 710 g/mol. The summed E-state index contributed by atoms with van der Waals surface area (Å²) in [7, 11) is -2.01. The van der Waals surface area contributed by atoms with Gasteiger partial charge in [0.05, 0.1) is 5.82 Å². The van der Waals surface area contributed by atoms with Gasteiger partial charge in [-0.3, -0.25) is 9.59 Å². The van der Waals surface area contributed by atoms with E-state index < -0.39 is 9.71 Å². The maximum Gasteiger partial charge on any atom is 0.255 e. The Morgan fingerprint density at radius 1 is 1.06 bits per heavy atom. The molecule has 1 saturated heterocycles. The van der Waals surface area contributed by atoms with Crippen LogP contribution < -0.4 is 20.9 Å². The number of hydrogen-bond donors (Lipinski definition) is 4. The Bertz CT molecular complexity index is 1530. The van der Waals surface area contributed by atoms with Crippen molar-refractivity contribution >= 4 is 32.3 Å². The van der Waals surface area contributed by atoms with Crippen LogP contribution in [0.1, 0.15) is 106 Å². The first-order valence-corrected chi connectivity index (χ1v) is 20.3. The van der Waals surface area contributed by atoms with E-state index in [1.807, 2.05) is 44.2 Å². The summed E-state index contributed by atoms with van der Waals surface area (Å²) in [4.78, 5) is 30.9. The van der Waals surface area contributed by atoms with Crippen LogP contribution in [-0.2, 0) is 14.5 Å². The molecule has 2 aliphatic carbocycles. The molecule has 1 amide bonds. The third kappa shape index (κ3) is 15.1. The molecule has 1 aromatic heterocycles. The SMILES string of the molecule is C=C(NC(C)(C)C)N(CCCCC)CCC(=C)N1CCCC1C(=O)NC1CC1.C=CNS(=C)(=O)C1CC1.CC.O=c1[nH]ccc2ccccc12. The van der Waals surface area contributed by atoms with Crippen LogP contribution in [0.25, 0.3) is 10.8 Å². The number of fused-ring (bicyclic) bond motifs is 1. The molecule has 2 atom stereocenters. The largest absolute Gasteiger partial charge is 0.368 e. The van der Waals surface area contributed by atoms with Crippen molar-refractivity contribution in [3.05, 3.63) is 84.3 Å². The second-order valence-corrected chi connectivity index (χ2v) is 16.5. The van der Waals surface area contributed by atoms with E-state index in [9.17, 15) is 13.8 Å². The van der Waals surface area contributed by atoms with Crippen LogP contribution in [0, 0.1) is 0 Å². The standard InChI is InChI=1S/C23H42N4O.C9H7NO.C6H11NOS.C2H6/c1-7-8-9-15-26(19(3)25-23(4,5)6)17-14-18(2)27-16-10-11-21(27)22(28)24-20-12-13-20;11-9-8-4-2-1-3-7(8)5-6-10-9;1-3-7-9(2,8)6-4-5-6;1-2/h20-21,25H,2-3,7-17H2,1,4-6H3,(H,24,28);1-6H,(H,10,11);3,6H,1-2,4-5H2,(H,7,8);1-2H3. The van der Waals surface area contributed by atoms with Crippen molar-refractivity contribution in [2.45, 2.75) is 129 Å². The number of hydrogen-bond acceptors (Lipinski definition) is 6. The minimum absolute atomic E-state index is 0.00194. The fraction of sp³-hybridized carbons (Fsp3) is 0.575. The van der Waals surface area contributed by atoms with E-state index in [-0.39, 0.29) is 23.0 Å². The van der Waals surface area contributed by atoms with Gasteiger partial charge in [0.1, 0.15) is 6.04 Å². The fourth-order valence-electron chi connectivity index (χ4n) is 5.62. The summed E-state index contributed by atoms with van der Waals surface area (Å²) >= 11 is 0. The van der Waals surface area contributed by atoms with Crippen LogP contribution in [0.2, 0.25) is 0 Å². The van der Waals surface area contributed by atoms with E-state index in [4.69, 9.17) is 0 Å². The topological polar surface area (TPSA) is 110 Å². The van der Waals surface area contributed by atoms with Gasteiger partial charge in [-0.1, -0.05) is 71.5 Å². The molecule has 5 rings (SSSR count). The number of pyridine rings is 1. The van der Waals surface area contributed by atoms with Crippen molar-refractivity contribution in [3.63, 3.8) is 0 Å². The van der Waals surface area contributed by atoms with E-state index in [0.717, 1.165) is 86.9 Å². The Balaban J connectivity index is 0.000000317. The first-order chi connectivity index (χ1) is 23.8. The van der Waals surface area contributed by atoms with E-state index in [1.165, 1.54) is 25.5 Å². The number of carbonyl (C=O) groups excluding carboxylic acids is 1. The zero-order chi connectivity index (χ0) is 37.3. The summed E-state index contributed by atoms with van der Waals surface area (Å²) in [5.41, 5.74) is 1.05. The lowest BCUT2D eigenvalue weighted by Gasteiger charge is -2.34. The average Bonchev–Trinajstić information content (AvgIpc) is 4.02. The molecule has 2 saturated carbocycles. The number of nitrogens with zero attached hydrogens (tertiary/aromatic N) is 2. The molecule has 2 heterocycles. The van der Waals surface area contributed by atoms with Gasteiger partial charge in [-0.15, -0.1) is 0 Å². The Morgan fingerprint density at radius 2 is 1.74 bits per heavy atom. The normalized spacial score (nSPS) is 17.6. The number of rotatable bonds is 15. The number of aromatic nitrogens is 1. The van der Waals surface area contributed by atoms with Crippen LogP contribution in [0.5, 0.6) is 0 Å². The third-order valence-corrected chi connectivity index (χ3v) is 10.6. The molecule has 0 bridgehead atoms. The number of amides is 1. The van der Waals surface area contributed by atoms with E-state index in [1.54, 1.807) is 6.20 Å². The predicted octanol–water partition coefficient (Wildman–Crippen LogP) is 7.05. The molecule has 4 N–H and O–H groups in total. The molecular formula is C40H66N6O3S. The molecule has 0 radical (unpaired) electrons. The van der Waals surface area contributed by atoms with Gasteiger partial charge in [-0.05, 0) is 89.1 Å². The molecule has 50 heavy (non-hydrogen) atoms. The van der Waals surface area contributed by atoms with Gasteiger partial charge in [-0.25, -0.2) is 4.21 Å². The van der Waals surface area contributed by atoms with Gasteiger partial charge < -0.3 is 30.1 Å². The van der Waals surface area contributed by atoms with Crippen molar-refractivity contribution < 1.29 is 9.00 Å². The van der Waals surface area contributed by atoms with Crippen LogP contribution >= 0.6 is 0 Å². The smallest absolute Gasteiger partial charge is 0.255 e. The maximum absolute atomic E-state index is 12.6. The minimum Gasteiger partial charge on any atom is -0.368 e. The first-order valence-electron chi connectivity index (χ1n) is 18.5. The Morgan fingerprint density at radius 3 is 2.32 bits per heavy atom. The Hall–Kier alpha value is -3.66. The molecule has 280 valence electrons. The number of benzene rings is 1. The lowest BCUT2D eigenvalue weighted by atomic mass is 10.1. The van der Waals surface area contributed by atoms with Gasteiger partial charge in [-0.2, -0.15) is 0 Å². The van der Waals surface area contributed by atoms with Crippen molar-refractivity contribution in [2.75, 3.05) is 19.6 Å². The highest BCUT2D eigenvalue weighted by Crippen LogP contribution is 2.27. The van der Waals surface area contributed by atoms with Gasteiger partial charge in [0, 0.05) is 76.1 Å².